The molecule has 1 atom stereocenters. The van der Waals surface area contributed by atoms with Crippen molar-refractivity contribution in [3.63, 3.8) is 0 Å². The SMILES string of the molecule is CCc1ccc(C2CCc3cncn3C2)cc1. The molecule has 2 heteroatoms. The topological polar surface area (TPSA) is 17.8 Å². The molecule has 0 amide bonds. The largest absolute Gasteiger partial charge is 0.334 e. The fourth-order valence-corrected chi connectivity index (χ4v) is 2.67. The normalized spacial score (nSPS) is 19.0. The summed E-state index contributed by atoms with van der Waals surface area (Å²) in [5.74, 6) is 0.655. The number of aryl methyl sites for hydroxylation is 2. The molecule has 1 unspecified atom stereocenters. The molecular weight excluding hydrogens is 208 g/mol. The zero-order valence-electron chi connectivity index (χ0n) is 10.3. The zero-order valence-corrected chi connectivity index (χ0v) is 10.3. The highest BCUT2D eigenvalue weighted by molar-refractivity contribution is 5.26. The number of hydrogen-bond donors (Lipinski definition) is 0. The van der Waals surface area contributed by atoms with Gasteiger partial charge in [0.15, 0.2) is 0 Å². The maximum absolute atomic E-state index is 4.22. The second-order valence-corrected chi connectivity index (χ2v) is 4.87. The molecule has 0 saturated carbocycles. The van der Waals surface area contributed by atoms with Crippen molar-refractivity contribution in [3.05, 3.63) is 53.6 Å². The minimum absolute atomic E-state index is 0.655. The van der Waals surface area contributed by atoms with Crippen LogP contribution in [0.4, 0.5) is 0 Å². The average Bonchev–Trinajstić information content (AvgIpc) is 2.86. The first-order chi connectivity index (χ1) is 8.36. The van der Waals surface area contributed by atoms with Crippen LogP contribution in [0.25, 0.3) is 0 Å². The minimum Gasteiger partial charge on any atom is -0.334 e. The molecule has 1 aromatic carbocycles. The van der Waals surface area contributed by atoms with Crippen LogP contribution in [-0.2, 0) is 19.4 Å². The van der Waals surface area contributed by atoms with E-state index < -0.39 is 0 Å². The summed E-state index contributed by atoms with van der Waals surface area (Å²) in [6.45, 7) is 3.29. The lowest BCUT2D eigenvalue weighted by atomic mass is 9.90. The highest BCUT2D eigenvalue weighted by Crippen LogP contribution is 2.28. The second-order valence-electron chi connectivity index (χ2n) is 4.87. The lowest BCUT2D eigenvalue weighted by Crippen LogP contribution is -2.17. The lowest BCUT2D eigenvalue weighted by molar-refractivity contribution is 0.463. The van der Waals surface area contributed by atoms with Gasteiger partial charge >= 0.3 is 0 Å². The monoisotopic (exact) mass is 226 g/mol. The number of fused-ring (bicyclic) bond motifs is 1. The molecule has 1 aromatic heterocycles. The van der Waals surface area contributed by atoms with E-state index in [0.29, 0.717) is 5.92 Å². The van der Waals surface area contributed by atoms with E-state index in [1.54, 1.807) is 0 Å². The summed E-state index contributed by atoms with van der Waals surface area (Å²) in [5.41, 5.74) is 4.28. The van der Waals surface area contributed by atoms with Crippen molar-refractivity contribution in [1.82, 2.24) is 9.55 Å². The van der Waals surface area contributed by atoms with E-state index >= 15 is 0 Å². The van der Waals surface area contributed by atoms with Gasteiger partial charge in [-0.05, 0) is 30.4 Å². The first-order valence-electron chi connectivity index (χ1n) is 6.44. The molecule has 1 aliphatic rings. The zero-order chi connectivity index (χ0) is 11.7. The Labute approximate surface area is 102 Å². The minimum atomic E-state index is 0.655. The Kier molecular flexibility index (Phi) is 2.71. The van der Waals surface area contributed by atoms with E-state index in [0.717, 1.165) is 19.4 Å². The molecular formula is C15H18N2. The van der Waals surface area contributed by atoms with Gasteiger partial charge in [0.2, 0.25) is 0 Å². The molecule has 0 fully saturated rings. The van der Waals surface area contributed by atoms with Crippen LogP contribution >= 0.6 is 0 Å². The van der Waals surface area contributed by atoms with Gasteiger partial charge in [0.05, 0.1) is 6.33 Å². The Morgan fingerprint density at radius 3 is 2.88 bits per heavy atom. The molecule has 2 heterocycles. The standard InChI is InChI=1S/C15H18N2/c1-2-12-3-5-13(6-4-12)14-7-8-15-9-16-11-17(15)10-14/h3-6,9,11,14H,2,7-8,10H2,1H3. The van der Waals surface area contributed by atoms with Crippen LogP contribution < -0.4 is 0 Å². The first-order valence-corrected chi connectivity index (χ1v) is 6.44. The Hall–Kier alpha value is -1.57. The summed E-state index contributed by atoms with van der Waals surface area (Å²) in [4.78, 5) is 4.22. The number of rotatable bonds is 2. The quantitative estimate of drug-likeness (QED) is 0.769. The average molecular weight is 226 g/mol. The van der Waals surface area contributed by atoms with Crippen molar-refractivity contribution < 1.29 is 0 Å². The summed E-state index contributed by atoms with van der Waals surface area (Å²) in [6.07, 6.45) is 7.48. The van der Waals surface area contributed by atoms with Gasteiger partial charge < -0.3 is 4.57 Å². The first kappa shape index (κ1) is 10.6. The van der Waals surface area contributed by atoms with Gasteiger partial charge in [0.25, 0.3) is 0 Å². The van der Waals surface area contributed by atoms with Crippen LogP contribution in [0.2, 0.25) is 0 Å². The molecule has 0 spiro atoms. The Morgan fingerprint density at radius 1 is 1.29 bits per heavy atom. The summed E-state index contributed by atoms with van der Waals surface area (Å²) in [6, 6.07) is 9.12. The Morgan fingerprint density at radius 2 is 2.12 bits per heavy atom. The van der Waals surface area contributed by atoms with Crippen LogP contribution in [-0.4, -0.2) is 9.55 Å². The van der Waals surface area contributed by atoms with E-state index in [-0.39, 0.29) is 0 Å². The Balaban J connectivity index is 1.81. The van der Waals surface area contributed by atoms with Crippen LogP contribution in [0, 0.1) is 0 Å². The van der Waals surface area contributed by atoms with Gasteiger partial charge in [-0.2, -0.15) is 0 Å². The van der Waals surface area contributed by atoms with Gasteiger partial charge in [-0.15, -0.1) is 0 Å². The van der Waals surface area contributed by atoms with Gasteiger partial charge in [-0.25, -0.2) is 4.98 Å². The third kappa shape index (κ3) is 1.99. The molecule has 2 nitrogen and oxygen atoms in total. The van der Waals surface area contributed by atoms with Gasteiger partial charge in [0.1, 0.15) is 0 Å². The molecule has 1 aliphatic heterocycles. The van der Waals surface area contributed by atoms with Gasteiger partial charge in [-0.1, -0.05) is 31.2 Å². The maximum atomic E-state index is 4.22. The van der Waals surface area contributed by atoms with Crippen molar-refractivity contribution in [2.24, 2.45) is 0 Å². The predicted octanol–water partition coefficient (Wildman–Crippen LogP) is 3.18. The maximum Gasteiger partial charge on any atom is 0.0948 e. The van der Waals surface area contributed by atoms with Crippen molar-refractivity contribution in [2.75, 3.05) is 0 Å². The van der Waals surface area contributed by atoms with Crippen molar-refractivity contribution in [2.45, 2.75) is 38.6 Å². The third-order valence-electron chi connectivity index (χ3n) is 3.82. The van der Waals surface area contributed by atoms with Crippen molar-refractivity contribution >= 4 is 0 Å². The van der Waals surface area contributed by atoms with Crippen LogP contribution in [0.15, 0.2) is 36.8 Å². The third-order valence-corrected chi connectivity index (χ3v) is 3.82. The van der Waals surface area contributed by atoms with Crippen molar-refractivity contribution in [3.8, 4) is 0 Å². The lowest BCUT2D eigenvalue weighted by Gasteiger charge is -2.24. The van der Waals surface area contributed by atoms with Crippen LogP contribution in [0.1, 0.15) is 36.1 Å². The molecule has 0 aliphatic carbocycles. The predicted molar refractivity (Wildman–Crippen MR) is 69.1 cm³/mol. The highest BCUT2D eigenvalue weighted by Gasteiger charge is 2.19. The smallest absolute Gasteiger partial charge is 0.0948 e. The summed E-state index contributed by atoms with van der Waals surface area (Å²) in [7, 11) is 0. The highest BCUT2D eigenvalue weighted by atomic mass is 15.1. The number of aromatic nitrogens is 2. The second kappa shape index (κ2) is 4.36. The summed E-state index contributed by atoms with van der Waals surface area (Å²) < 4.78 is 2.29. The molecule has 17 heavy (non-hydrogen) atoms. The number of imidazole rings is 1. The van der Waals surface area contributed by atoms with E-state index in [2.05, 4.69) is 40.7 Å². The van der Waals surface area contributed by atoms with E-state index in [9.17, 15) is 0 Å². The number of nitrogens with zero attached hydrogens (tertiary/aromatic N) is 2. The van der Waals surface area contributed by atoms with Crippen LogP contribution in [0.3, 0.4) is 0 Å². The van der Waals surface area contributed by atoms with E-state index in [4.69, 9.17) is 0 Å². The molecule has 88 valence electrons. The van der Waals surface area contributed by atoms with Gasteiger partial charge in [0, 0.05) is 24.4 Å². The molecule has 2 aromatic rings. The molecule has 0 N–H and O–H groups in total. The van der Waals surface area contributed by atoms with Gasteiger partial charge in [-0.3, -0.25) is 0 Å². The van der Waals surface area contributed by atoms with Crippen molar-refractivity contribution in [1.29, 1.82) is 0 Å². The summed E-state index contributed by atoms with van der Waals surface area (Å²) >= 11 is 0. The number of benzene rings is 1. The summed E-state index contributed by atoms with van der Waals surface area (Å²) in [5, 5.41) is 0. The fourth-order valence-electron chi connectivity index (χ4n) is 2.67. The number of hydrogen-bond acceptors (Lipinski definition) is 1. The molecule has 0 saturated heterocycles. The molecule has 0 bridgehead atoms. The van der Waals surface area contributed by atoms with Crippen LogP contribution in [0.5, 0.6) is 0 Å². The van der Waals surface area contributed by atoms with E-state index in [1.807, 2.05) is 12.5 Å². The van der Waals surface area contributed by atoms with E-state index in [1.165, 1.54) is 23.2 Å². The Bertz CT molecular complexity index is 496. The fraction of sp³-hybridized carbons (Fsp3) is 0.400. The molecule has 0 radical (unpaired) electrons. The molecule has 3 rings (SSSR count).